The topological polar surface area (TPSA) is 40.5 Å². The fraction of sp³-hybridized carbons (Fsp3) is 0.571. The number of rotatable bonds is 10. The monoisotopic (exact) mass is 478 g/mol. The van der Waals surface area contributed by atoms with Gasteiger partial charge in [-0.15, -0.1) is 0 Å². The molecule has 0 heterocycles. The van der Waals surface area contributed by atoms with Crippen molar-refractivity contribution in [2.75, 3.05) is 0 Å². The molecule has 0 amide bonds. The molecule has 0 saturated carbocycles. The van der Waals surface area contributed by atoms with Crippen LogP contribution in [0.15, 0.2) is 36.4 Å². The molecule has 0 fully saturated rings. The van der Waals surface area contributed by atoms with Gasteiger partial charge in [0, 0.05) is 0 Å². The van der Waals surface area contributed by atoms with Gasteiger partial charge in [0.05, 0.1) is 0 Å². The Kier molecular flexibility index (Phi) is 9.02. The Bertz CT molecular complexity index is 787. The summed E-state index contributed by atoms with van der Waals surface area (Å²) >= 11 is 7.31. The Hall–Kier alpha value is -0.920. The second-order valence-corrected chi connectivity index (χ2v) is 14.4. The van der Waals surface area contributed by atoms with E-state index in [-0.39, 0.29) is 23.7 Å². The van der Waals surface area contributed by atoms with Crippen molar-refractivity contribution in [3.05, 3.63) is 58.7 Å². The maximum atomic E-state index is 12.5. The van der Waals surface area contributed by atoms with E-state index < -0.39 is 6.41 Å². The zero-order valence-corrected chi connectivity index (χ0v) is 23.0. The van der Waals surface area contributed by atoms with Gasteiger partial charge in [0.2, 0.25) is 0 Å². The summed E-state index contributed by atoms with van der Waals surface area (Å²) in [7, 11) is 0. The van der Waals surface area contributed by atoms with E-state index in [1.807, 2.05) is 36.4 Å². The Labute approximate surface area is 201 Å². The van der Waals surface area contributed by atoms with Crippen molar-refractivity contribution in [2.24, 2.45) is 0 Å². The van der Waals surface area contributed by atoms with E-state index in [0.717, 1.165) is 47.9 Å². The van der Waals surface area contributed by atoms with Crippen LogP contribution in [-0.4, -0.2) is 9.79 Å². The molecule has 0 aliphatic rings. The third-order valence-electron chi connectivity index (χ3n) is 7.56. The van der Waals surface area contributed by atoms with Crippen LogP contribution in [-0.2, 0) is 0 Å². The van der Waals surface area contributed by atoms with Crippen molar-refractivity contribution in [3.63, 3.8) is 0 Å². The Morgan fingerprint density at radius 3 is 1.00 bits per heavy atom. The summed E-state index contributed by atoms with van der Waals surface area (Å²) in [5.41, 5.74) is 3.88. The summed E-state index contributed by atoms with van der Waals surface area (Å²) in [6, 6.07) is 12.3. The molecule has 0 aliphatic heterocycles. The van der Waals surface area contributed by atoms with E-state index >= 15 is 0 Å². The number of hydrogen-bond donors (Lipinski definition) is 2. The predicted octanol–water partition coefficient (Wildman–Crippen LogP) is 8.21. The summed E-state index contributed by atoms with van der Waals surface area (Å²) in [6.07, 6.45) is -1.36. The first-order chi connectivity index (χ1) is 14.9. The van der Waals surface area contributed by atoms with Crippen molar-refractivity contribution in [1.29, 1.82) is 0 Å². The SMILES string of the molecule is CCC(C)c1cccc(C(C)CC)c1P(O)(O)(Cl)c1c(C(C)CC)cccc1C(C)CC. The Morgan fingerprint density at radius 1 is 0.594 bits per heavy atom. The molecule has 180 valence electrons. The minimum absolute atomic E-state index is 0.177. The third-order valence-corrected chi connectivity index (χ3v) is 11.2. The van der Waals surface area contributed by atoms with Gasteiger partial charge in [0.1, 0.15) is 0 Å². The van der Waals surface area contributed by atoms with Gasteiger partial charge in [-0.05, 0) is 0 Å². The number of hydrogen-bond acceptors (Lipinski definition) is 2. The third kappa shape index (κ3) is 5.10. The molecular formula is C28H44ClO2P. The quantitative estimate of drug-likeness (QED) is 0.337. The van der Waals surface area contributed by atoms with E-state index in [1.165, 1.54) is 0 Å². The van der Waals surface area contributed by atoms with Gasteiger partial charge in [-0.3, -0.25) is 0 Å². The average Bonchev–Trinajstić information content (AvgIpc) is 2.80. The molecule has 2 nitrogen and oxygen atoms in total. The molecular weight excluding hydrogens is 435 g/mol. The molecule has 2 rings (SSSR count). The van der Waals surface area contributed by atoms with Crippen LogP contribution in [0, 0.1) is 0 Å². The summed E-state index contributed by atoms with van der Waals surface area (Å²) in [4.78, 5) is 24.9. The molecule has 2 N–H and O–H groups in total. The molecule has 0 spiro atoms. The van der Waals surface area contributed by atoms with Crippen LogP contribution >= 0.6 is 17.7 Å². The van der Waals surface area contributed by atoms with E-state index in [9.17, 15) is 9.79 Å². The average molecular weight is 479 g/mol. The maximum absolute atomic E-state index is 12.5. The van der Waals surface area contributed by atoms with Crippen LogP contribution in [0.5, 0.6) is 0 Å². The molecule has 0 bridgehead atoms. The van der Waals surface area contributed by atoms with E-state index in [2.05, 4.69) is 55.4 Å². The van der Waals surface area contributed by atoms with E-state index in [4.69, 9.17) is 11.2 Å². The van der Waals surface area contributed by atoms with Crippen molar-refractivity contribution >= 4 is 28.3 Å². The number of halogens is 1. The van der Waals surface area contributed by atoms with Crippen LogP contribution in [0.3, 0.4) is 0 Å². The molecule has 0 saturated heterocycles. The molecule has 0 aliphatic carbocycles. The summed E-state index contributed by atoms with van der Waals surface area (Å²) < 4.78 is 0. The van der Waals surface area contributed by atoms with Gasteiger partial charge < -0.3 is 0 Å². The molecule has 4 heteroatoms. The standard InChI is InChI=1S/C28H44ClO2P/c1-9-19(5)23-15-13-16-24(20(6)10-2)27(23)32(29,30,31)28-25(21(7)11-3)17-14-18-26(28)22(8)12-4/h13-22,30-31H,9-12H2,1-8H3. The van der Waals surface area contributed by atoms with Crippen LogP contribution in [0.1, 0.15) is 127 Å². The minimum atomic E-state index is -4.99. The van der Waals surface area contributed by atoms with Crippen LogP contribution in [0.25, 0.3) is 0 Å². The van der Waals surface area contributed by atoms with Crippen molar-refractivity contribution in [3.8, 4) is 0 Å². The van der Waals surface area contributed by atoms with Crippen molar-refractivity contribution in [1.82, 2.24) is 0 Å². The Balaban J connectivity index is 3.08. The van der Waals surface area contributed by atoms with Crippen LogP contribution in [0.4, 0.5) is 0 Å². The van der Waals surface area contributed by atoms with Crippen LogP contribution < -0.4 is 10.6 Å². The van der Waals surface area contributed by atoms with Gasteiger partial charge in [-0.2, -0.15) is 0 Å². The van der Waals surface area contributed by atoms with Gasteiger partial charge in [0.25, 0.3) is 0 Å². The van der Waals surface area contributed by atoms with Gasteiger partial charge >= 0.3 is 201 Å². The fourth-order valence-corrected chi connectivity index (χ4v) is 9.06. The molecule has 4 unspecified atom stereocenters. The first kappa shape index (κ1) is 27.3. The summed E-state index contributed by atoms with van der Waals surface area (Å²) in [5, 5.41) is 1.17. The zero-order chi connectivity index (χ0) is 24.3. The Morgan fingerprint density at radius 2 is 0.812 bits per heavy atom. The molecule has 2 aromatic carbocycles. The van der Waals surface area contributed by atoms with E-state index in [0.29, 0.717) is 10.6 Å². The van der Waals surface area contributed by atoms with E-state index in [1.54, 1.807) is 0 Å². The molecule has 32 heavy (non-hydrogen) atoms. The summed E-state index contributed by atoms with van der Waals surface area (Å²) in [6.45, 7) is 17.2. The predicted molar refractivity (Wildman–Crippen MR) is 144 cm³/mol. The summed E-state index contributed by atoms with van der Waals surface area (Å²) in [5.74, 6) is 0.709. The molecule has 4 atom stereocenters. The van der Waals surface area contributed by atoms with Gasteiger partial charge in [-0.25, -0.2) is 0 Å². The fourth-order valence-electron chi connectivity index (χ4n) is 4.66. The van der Waals surface area contributed by atoms with Gasteiger partial charge in [0.15, 0.2) is 0 Å². The number of benzene rings is 2. The zero-order valence-electron chi connectivity index (χ0n) is 21.3. The molecule has 0 radical (unpaired) electrons. The second kappa shape index (κ2) is 10.6. The normalized spacial score (nSPS) is 17.3. The first-order valence-corrected chi connectivity index (χ1v) is 15.5. The second-order valence-electron chi connectivity index (χ2n) is 9.73. The van der Waals surface area contributed by atoms with Crippen molar-refractivity contribution < 1.29 is 9.79 Å². The van der Waals surface area contributed by atoms with Crippen LogP contribution in [0.2, 0.25) is 0 Å². The molecule has 0 aromatic heterocycles. The van der Waals surface area contributed by atoms with Gasteiger partial charge in [-0.1, -0.05) is 0 Å². The van der Waals surface area contributed by atoms with Crippen molar-refractivity contribution in [2.45, 2.75) is 105 Å². The first-order valence-electron chi connectivity index (χ1n) is 12.4. The molecule has 2 aromatic rings.